The monoisotopic (exact) mass is 656 g/mol. The molecule has 0 spiro atoms. The lowest BCUT2D eigenvalue weighted by atomic mass is 9.81. The third-order valence-electron chi connectivity index (χ3n) is 7.67. The van der Waals surface area contributed by atoms with Gasteiger partial charge in [0.05, 0.1) is 16.7 Å². The van der Waals surface area contributed by atoms with E-state index in [-0.39, 0.29) is 17.7 Å². The summed E-state index contributed by atoms with van der Waals surface area (Å²) in [6, 6.07) is 10.9. The van der Waals surface area contributed by atoms with Crippen LogP contribution in [0.15, 0.2) is 48.5 Å². The largest absolute Gasteiger partial charge is 0.505 e. The van der Waals surface area contributed by atoms with Crippen molar-refractivity contribution in [2.75, 3.05) is 5.32 Å². The first-order valence-electron chi connectivity index (χ1n) is 15.0. The Labute approximate surface area is 271 Å². The van der Waals surface area contributed by atoms with Crippen molar-refractivity contribution in [3.63, 3.8) is 0 Å². The first-order valence-corrected chi connectivity index (χ1v) is 15.0. The van der Waals surface area contributed by atoms with Gasteiger partial charge in [0.2, 0.25) is 12.5 Å². The number of benzene rings is 2. The summed E-state index contributed by atoms with van der Waals surface area (Å²) < 4.78 is 22.0. The quantitative estimate of drug-likeness (QED) is 0.146. The fourth-order valence-corrected chi connectivity index (χ4v) is 4.73. The second-order valence-corrected chi connectivity index (χ2v) is 12.0. The van der Waals surface area contributed by atoms with E-state index in [1.54, 1.807) is 44.2 Å². The van der Waals surface area contributed by atoms with Crippen molar-refractivity contribution >= 4 is 41.9 Å². The molecule has 1 heterocycles. The third-order valence-corrected chi connectivity index (χ3v) is 7.67. The highest BCUT2D eigenvalue weighted by Gasteiger charge is 2.47. The second kappa shape index (κ2) is 15.5. The van der Waals surface area contributed by atoms with Gasteiger partial charge in [0, 0.05) is 12.3 Å². The van der Waals surface area contributed by atoms with Crippen molar-refractivity contribution in [2.24, 2.45) is 11.3 Å². The number of ether oxygens (including phenoxy) is 4. The van der Waals surface area contributed by atoms with Gasteiger partial charge in [-0.25, -0.2) is 14.4 Å². The first kappa shape index (κ1) is 36.5. The Morgan fingerprint density at radius 3 is 2.19 bits per heavy atom. The summed E-state index contributed by atoms with van der Waals surface area (Å²) in [7, 11) is 0. The molecular weight excluding hydrogens is 616 g/mol. The predicted octanol–water partition coefficient (Wildman–Crippen LogP) is 2.05. The van der Waals surface area contributed by atoms with Gasteiger partial charge in [-0.15, -0.1) is 0 Å². The van der Waals surface area contributed by atoms with Crippen molar-refractivity contribution in [1.82, 2.24) is 5.32 Å². The zero-order valence-electron chi connectivity index (χ0n) is 26.9. The second-order valence-electron chi connectivity index (χ2n) is 12.0. The van der Waals surface area contributed by atoms with Gasteiger partial charge in [0.1, 0.15) is 18.3 Å². The molecule has 254 valence electrons. The number of nitrogens with one attached hydrogen (secondary N) is 2. The zero-order chi connectivity index (χ0) is 35.1. The molecule has 2 aromatic carbocycles. The number of hydrogen-bond donors (Lipinski definition) is 4. The minimum atomic E-state index is -1.75. The van der Waals surface area contributed by atoms with Gasteiger partial charge < -0.3 is 39.8 Å². The number of phenols is 1. The molecule has 1 fully saturated rings. The Balaban J connectivity index is 2.03. The number of aromatic hydroxyl groups is 1. The number of phenolic OH excluding ortho intramolecular Hbond substituents is 1. The normalized spacial score (nSPS) is 25.6. The number of carbonyl (C=O) groups is 6. The number of anilines is 1. The molecular formula is C33H40N2O12. The standard InChI is InChI=1S/C33H40N2O12/c1-17(2)26-31(42)44-18(3)24(35-28(39)21-13-10-14-22(25(21)37)34-16-36)30(41)45-19(4)29(40)46-23(15-20-11-8-7-9-12-20)27(38)33(5,6)32(43)47-26/h7-14,16-19,23-24,26-27,37-38H,15H2,1-6H3,(H,34,36)(H,35,39)/t18-,19-,23-,24-,26-,27+/m0/s1. The van der Waals surface area contributed by atoms with Gasteiger partial charge >= 0.3 is 23.9 Å². The van der Waals surface area contributed by atoms with E-state index in [1.165, 1.54) is 45.9 Å². The molecule has 3 rings (SSSR count). The van der Waals surface area contributed by atoms with Crippen LogP contribution in [0.5, 0.6) is 5.75 Å². The van der Waals surface area contributed by atoms with E-state index in [0.717, 1.165) is 0 Å². The Morgan fingerprint density at radius 1 is 0.915 bits per heavy atom. The molecule has 1 aliphatic heterocycles. The van der Waals surface area contributed by atoms with Crippen molar-refractivity contribution in [3.05, 3.63) is 59.7 Å². The van der Waals surface area contributed by atoms with Crippen LogP contribution in [-0.4, -0.2) is 83.0 Å². The van der Waals surface area contributed by atoms with E-state index in [4.69, 9.17) is 18.9 Å². The van der Waals surface area contributed by atoms with Crippen LogP contribution in [0.25, 0.3) is 0 Å². The minimum Gasteiger partial charge on any atom is -0.505 e. The molecule has 0 aliphatic carbocycles. The summed E-state index contributed by atoms with van der Waals surface area (Å²) in [6.07, 6.45) is -7.26. The highest BCUT2D eigenvalue weighted by molar-refractivity contribution is 6.01. The van der Waals surface area contributed by atoms with Crippen LogP contribution in [0.4, 0.5) is 5.69 Å². The van der Waals surface area contributed by atoms with Crippen LogP contribution < -0.4 is 10.6 Å². The van der Waals surface area contributed by atoms with Crippen LogP contribution in [0.1, 0.15) is 57.5 Å². The van der Waals surface area contributed by atoms with Gasteiger partial charge in [0.25, 0.3) is 5.91 Å². The average Bonchev–Trinajstić information content (AvgIpc) is 3.02. The Morgan fingerprint density at radius 2 is 1.57 bits per heavy atom. The van der Waals surface area contributed by atoms with Gasteiger partial charge in [-0.2, -0.15) is 0 Å². The summed E-state index contributed by atoms with van der Waals surface area (Å²) in [6.45, 7) is 8.38. The molecule has 1 aliphatic rings. The Hall–Kier alpha value is -4.98. The molecule has 47 heavy (non-hydrogen) atoms. The van der Waals surface area contributed by atoms with Crippen LogP contribution in [-0.2, 0) is 49.3 Å². The zero-order valence-corrected chi connectivity index (χ0v) is 26.9. The maximum atomic E-state index is 13.5. The summed E-state index contributed by atoms with van der Waals surface area (Å²) in [4.78, 5) is 77.7. The van der Waals surface area contributed by atoms with Gasteiger partial charge in [-0.3, -0.25) is 14.4 Å². The third kappa shape index (κ3) is 8.85. The van der Waals surface area contributed by atoms with E-state index in [2.05, 4.69) is 10.6 Å². The smallest absolute Gasteiger partial charge is 0.348 e. The van der Waals surface area contributed by atoms with Gasteiger partial charge in [-0.05, 0) is 45.4 Å². The first-order chi connectivity index (χ1) is 22.1. The maximum absolute atomic E-state index is 13.5. The van der Waals surface area contributed by atoms with Crippen molar-refractivity contribution in [2.45, 2.75) is 84.5 Å². The average molecular weight is 657 g/mol. The fourth-order valence-electron chi connectivity index (χ4n) is 4.73. The molecule has 1 saturated heterocycles. The molecule has 0 aromatic heterocycles. The lowest BCUT2D eigenvalue weighted by Crippen LogP contribution is -2.52. The van der Waals surface area contributed by atoms with E-state index in [1.807, 2.05) is 0 Å². The van der Waals surface area contributed by atoms with E-state index in [9.17, 15) is 39.0 Å². The van der Waals surface area contributed by atoms with Gasteiger partial charge in [-0.1, -0.05) is 50.2 Å². The van der Waals surface area contributed by atoms with Crippen LogP contribution in [0, 0.1) is 11.3 Å². The fraction of sp³-hybridized carbons (Fsp3) is 0.455. The Kier molecular flexibility index (Phi) is 12.1. The number of aliphatic hydroxyl groups is 1. The summed E-state index contributed by atoms with van der Waals surface area (Å²) in [5.74, 6) is -6.59. The van der Waals surface area contributed by atoms with Gasteiger partial charge in [0.15, 0.2) is 17.9 Å². The number of para-hydroxylation sites is 1. The number of esters is 4. The Bertz CT molecular complexity index is 1480. The van der Waals surface area contributed by atoms with E-state index < -0.39 is 83.4 Å². The summed E-state index contributed by atoms with van der Waals surface area (Å²) in [5, 5.41) is 26.5. The van der Waals surface area contributed by atoms with Crippen molar-refractivity contribution in [3.8, 4) is 5.75 Å². The number of amides is 2. The number of hydrogen-bond acceptors (Lipinski definition) is 12. The van der Waals surface area contributed by atoms with Crippen LogP contribution in [0.3, 0.4) is 0 Å². The lowest BCUT2D eigenvalue weighted by Gasteiger charge is -2.35. The molecule has 14 heteroatoms. The summed E-state index contributed by atoms with van der Waals surface area (Å²) >= 11 is 0. The molecule has 2 aromatic rings. The highest BCUT2D eigenvalue weighted by Crippen LogP contribution is 2.31. The molecule has 4 N–H and O–H groups in total. The number of cyclic esters (lactones) is 4. The molecule has 0 saturated carbocycles. The molecule has 0 bridgehead atoms. The maximum Gasteiger partial charge on any atom is 0.348 e. The number of aliphatic hydroxyl groups excluding tert-OH is 1. The van der Waals surface area contributed by atoms with Crippen LogP contribution >= 0.6 is 0 Å². The van der Waals surface area contributed by atoms with Crippen molar-refractivity contribution < 1.29 is 57.9 Å². The molecule has 6 atom stereocenters. The molecule has 0 unspecified atom stereocenters. The van der Waals surface area contributed by atoms with Crippen molar-refractivity contribution in [1.29, 1.82) is 0 Å². The van der Waals surface area contributed by atoms with Crippen LogP contribution in [0.2, 0.25) is 0 Å². The number of carbonyl (C=O) groups excluding carboxylic acids is 6. The topological polar surface area (TPSA) is 204 Å². The SMILES string of the molecule is CC(C)[C@@H]1OC(=O)C(C)(C)[C@H](O)[C@H](Cc2ccccc2)OC(=O)[C@H](C)OC(=O)[C@@H](NC(=O)c2cccc(NC=O)c2O)[C@H](C)OC1=O. The number of rotatable bonds is 7. The predicted molar refractivity (Wildman–Crippen MR) is 165 cm³/mol. The molecule has 0 radical (unpaired) electrons. The van der Waals surface area contributed by atoms with E-state index >= 15 is 0 Å². The summed E-state index contributed by atoms with van der Waals surface area (Å²) in [5.41, 5.74) is -1.48. The minimum absolute atomic E-state index is 0.0298. The lowest BCUT2D eigenvalue weighted by molar-refractivity contribution is -0.189. The van der Waals surface area contributed by atoms with E-state index in [0.29, 0.717) is 12.0 Å². The molecule has 14 nitrogen and oxygen atoms in total. The highest BCUT2D eigenvalue weighted by atomic mass is 16.6. The molecule has 2 amide bonds.